The molecule has 3 aromatic carbocycles. The third-order valence-corrected chi connectivity index (χ3v) is 9.05. The zero-order valence-electron chi connectivity index (χ0n) is 27.0. The average molecular weight is 584 g/mol. The van der Waals surface area contributed by atoms with Gasteiger partial charge in [0.05, 0.1) is 11.0 Å². The number of rotatable bonds is 20. The molecule has 0 unspecified atom stereocenters. The summed E-state index contributed by atoms with van der Waals surface area (Å²) in [6.45, 7) is 8.40. The maximum atomic E-state index is 13.1. The highest BCUT2D eigenvalue weighted by Gasteiger charge is 2.19. The second-order valence-corrected chi connectivity index (χ2v) is 12.2. The van der Waals surface area contributed by atoms with Gasteiger partial charge in [0.15, 0.2) is 17.1 Å². The number of unbranched alkanes of at least 4 members (excludes halogenated alkanes) is 14. The summed E-state index contributed by atoms with van der Waals surface area (Å²) < 4.78 is 5.93. The van der Waals surface area contributed by atoms with Crippen molar-refractivity contribution in [1.82, 2.24) is 5.16 Å². The zero-order chi connectivity index (χ0) is 30.4. The third-order valence-electron chi connectivity index (χ3n) is 9.05. The number of nitrogens with zero attached hydrogens (tertiary/aromatic N) is 2. The molecule has 232 valence electrons. The molecule has 4 aromatic rings. The van der Waals surface area contributed by atoms with Crippen molar-refractivity contribution in [2.24, 2.45) is 0 Å². The van der Waals surface area contributed by atoms with Gasteiger partial charge >= 0.3 is 0 Å². The fourth-order valence-corrected chi connectivity index (χ4v) is 6.49. The molecule has 0 atom stereocenters. The van der Waals surface area contributed by atoms with Crippen molar-refractivity contribution in [3.8, 4) is 0 Å². The van der Waals surface area contributed by atoms with Crippen LogP contribution in [0, 0.1) is 5.41 Å². The summed E-state index contributed by atoms with van der Waals surface area (Å²) >= 11 is 0. The van der Waals surface area contributed by atoms with E-state index < -0.39 is 0 Å². The average Bonchev–Trinajstić information content (AvgIpc) is 3.03. The lowest BCUT2D eigenvalue weighted by Gasteiger charge is -2.25. The number of carbonyl (C=O) groups excluding carboxylic acids is 1. The molecule has 5 nitrogen and oxygen atoms in total. The molecule has 0 radical (unpaired) electrons. The summed E-state index contributed by atoms with van der Waals surface area (Å²) in [6, 6.07) is 14.5. The third kappa shape index (κ3) is 8.46. The van der Waals surface area contributed by atoms with Crippen molar-refractivity contribution in [1.29, 1.82) is 5.41 Å². The van der Waals surface area contributed by atoms with Crippen molar-refractivity contribution in [2.45, 2.75) is 124 Å². The predicted molar refractivity (Wildman–Crippen MR) is 182 cm³/mol. The Hall–Kier alpha value is -3.21. The minimum Gasteiger partial charge on any atom is -0.371 e. The number of aromatic nitrogens is 1. The Kier molecular flexibility index (Phi) is 13.1. The molecule has 1 aromatic heterocycles. The van der Waals surface area contributed by atoms with Crippen LogP contribution in [0.25, 0.3) is 32.5 Å². The van der Waals surface area contributed by atoms with E-state index in [0.717, 1.165) is 42.1 Å². The minimum absolute atomic E-state index is 0.0900. The van der Waals surface area contributed by atoms with Crippen molar-refractivity contribution >= 4 is 44.0 Å². The highest BCUT2D eigenvalue weighted by Crippen LogP contribution is 2.38. The number of nitrogens with one attached hydrogen (secondary N) is 1. The first-order valence-electron chi connectivity index (χ1n) is 17.2. The molecule has 0 saturated carbocycles. The van der Waals surface area contributed by atoms with Gasteiger partial charge in [-0.25, -0.2) is 0 Å². The van der Waals surface area contributed by atoms with Gasteiger partial charge in [0, 0.05) is 41.1 Å². The minimum atomic E-state index is -0.0900. The normalized spacial score (nSPS) is 11.6. The van der Waals surface area contributed by atoms with Crippen LogP contribution < -0.4 is 10.3 Å². The fourth-order valence-electron chi connectivity index (χ4n) is 6.49. The summed E-state index contributed by atoms with van der Waals surface area (Å²) in [5.41, 5.74) is 1.90. The maximum absolute atomic E-state index is 13.1. The summed E-state index contributed by atoms with van der Waals surface area (Å²) in [5.74, 6) is -0.0900. The van der Waals surface area contributed by atoms with E-state index in [9.17, 15) is 4.79 Å². The Labute approximate surface area is 258 Å². The molecule has 0 spiro atoms. The summed E-state index contributed by atoms with van der Waals surface area (Å²) in [5, 5.41) is 18.2. The van der Waals surface area contributed by atoms with Gasteiger partial charge in [0.25, 0.3) is 0 Å². The largest absolute Gasteiger partial charge is 0.371 e. The van der Waals surface area contributed by atoms with Gasteiger partial charge in [-0.2, -0.15) is 0 Å². The van der Waals surface area contributed by atoms with E-state index in [-0.39, 0.29) is 16.8 Å². The molecular formula is C38H53N3O2. The van der Waals surface area contributed by atoms with Crippen LogP contribution in [0.5, 0.6) is 0 Å². The van der Waals surface area contributed by atoms with E-state index in [1.165, 1.54) is 94.5 Å². The lowest BCUT2D eigenvalue weighted by molar-refractivity contribution is 0.0966. The molecule has 0 bridgehead atoms. The number of ketones is 1. The first-order valence-corrected chi connectivity index (χ1v) is 17.2. The van der Waals surface area contributed by atoms with E-state index in [1.807, 2.05) is 12.1 Å². The van der Waals surface area contributed by atoms with Crippen molar-refractivity contribution in [3.05, 3.63) is 53.5 Å². The molecule has 1 heterocycles. The SMILES string of the molecule is CCCCCCCCCCCCCCCCCC(=O)c1noc2c(ccc3c(N(CC)CC)c4ccccc4cc32)c1=N. The van der Waals surface area contributed by atoms with Gasteiger partial charge in [-0.15, -0.1) is 0 Å². The molecule has 5 heteroatoms. The molecule has 0 aliphatic rings. The number of hydrogen-bond acceptors (Lipinski definition) is 5. The summed E-state index contributed by atoms with van der Waals surface area (Å²) in [4.78, 5) is 15.4. The number of benzene rings is 3. The molecule has 43 heavy (non-hydrogen) atoms. The van der Waals surface area contributed by atoms with E-state index in [4.69, 9.17) is 9.93 Å². The summed E-state index contributed by atoms with van der Waals surface area (Å²) in [6.07, 6.45) is 19.9. The number of anilines is 1. The van der Waals surface area contributed by atoms with Gasteiger partial charge in [0.2, 0.25) is 0 Å². The van der Waals surface area contributed by atoms with Crippen LogP contribution in [-0.4, -0.2) is 24.0 Å². The predicted octanol–water partition coefficient (Wildman–Crippen LogP) is 10.9. The van der Waals surface area contributed by atoms with Gasteiger partial charge in [-0.05, 0) is 37.8 Å². The molecule has 4 rings (SSSR count). The van der Waals surface area contributed by atoms with Gasteiger partial charge in [-0.1, -0.05) is 132 Å². The van der Waals surface area contributed by atoms with Crippen LogP contribution in [0.2, 0.25) is 0 Å². The van der Waals surface area contributed by atoms with Crippen LogP contribution in [0.4, 0.5) is 5.69 Å². The zero-order valence-corrected chi connectivity index (χ0v) is 27.0. The standard InChI is InChI=1S/C38H53N3O2/c1-4-7-8-9-10-11-12-13-14-15-16-17-18-19-20-25-34(42)36-35(39)32-27-26-31-33(38(32)43-40-36)28-29-23-21-22-24-30(29)37(31)41(5-2)6-3/h21-24,26-28,39H,4-20,25H2,1-3H3. The topological polar surface area (TPSA) is 70.2 Å². The van der Waals surface area contributed by atoms with Crippen LogP contribution >= 0.6 is 0 Å². The lowest BCUT2D eigenvalue weighted by Crippen LogP contribution is -2.22. The lowest BCUT2D eigenvalue weighted by atomic mass is 9.97. The van der Waals surface area contributed by atoms with Crippen LogP contribution in [0.3, 0.4) is 0 Å². The van der Waals surface area contributed by atoms with Crippen molar-refractivity contribution in [3.63, 3.8) is 0 Å². The summed E-state index contributed by atoms with van der Waals surface area (Å²) in [7, 11) is 0. The molecule has 0 saturated heterocycles. The smallest absolute Gasteiger partial charge is 0.186 e. The Morgan fingerprint density at radius 2 is 1.26 bits per heavy atom. The van der Waals surface area contributed by atoms with Crippen LogP contribution in [0.1, 0.15) is 134 Å². The Bertz CT molecular complexity index is 1520. The quantitative estimate of drug-likeness (QED) is 0.0486. The monoisotopic (exact) mass is 583 g/mol. The second kappa shape index (κ2) is 17.2. The second-order valence-electron chi connectivity index (χ2n) is 12.2. The first kappa shape index (κ1) is 32.7. The van der Waals surface area contributed by atoms with Gasteiger partial charge < -0.3 is 9.42 Å². The molecule has 0 amide bonds. The maximum Gasteiger partial charge on any atom is 0.186 e. The van der Waals surface area contributed by atoms with Crippen LogP contribution in [0.15, 0.2) is 47.0 Å². The molecular weight excluding hydrogens is 530 g/mol. The van der Waals surface area contributed by atoms with E-state index >= 15 is 0 Å². The first-order chi connectivity index (χ1) is 21.1. The highest BCUT2D eigenvalue weighted by molar-refractivity contribution is 6.18. The Balaban J connectivity index is 1.30. The number of Topliss-reactive ketones (excluding diaryl/α,β-unsaturated/α-hetero) is 1. The van der Waals surface area contributed by atoms with Crippen molar-refractivity contribution in [2.75, 3.05) is 18.0 Å². The Morgan fingerprint density at radius 3 is 1.86 bits per heavy atom. The van der Waals surface area contributed by atoms with Gasteiger partial charge in [0.1, 0.15) is 0 Å². The van der Waals surface area contributed by atoms with Crippen molar-refractivity contribution < 1.29 is 9.32 Å². The molecule has 0 fully saturated rings. The van der Waals surface area contributed by atoms with Crippen LogP contribution in [-0.2, 0) is 0 Å². The molecule has 0 aliphatic heterocycles. The molecule has 0 aliphatic carbocycles. The fraction of sp³-hybridized carbons (Fsp3) is 0.553. The van der Waals surface area contributed by atoms with Gasteiger partial charge in [-0.3, -0.25) is 10.2 Å². The number of hydrogen-bond donors (Lipinski definition) is 1. The molecule has 1 N–H and O–H groups in total. The highest BCUT2D eigenvalue weighted by atomic mass is 16.5. The number of fused-ring (bicyclic) bond motifs is 4. The van der Waals surface area contributed by atoms with E-state index in [1.54, 1.807) is 0 Å². The van der Waals surface area contributed by atoms with E-state index in [0.29, 0.717) is 17.4 Å². The number of carbonyl (C=O) groups is 1. The van der Waals surface area contributed by atoms with E-state index in [2.05, 4.69) is 61.2 Å². The Morgan fingerprint density at radius 1 is 0.698 bits per heavy atom.